The summed E-state index contributed by atoms with van der Waals surface area (Å²) in [5.41, 5.74) is 0.895. The molecule has 12 heteroatoms. The Hall–Kier alpha value is -6.30. The van der Waals surface area contributed by atoms with E-state index in [0.717, 1.165) is 5.56 Å². The summed E-state index contributed by atoms with van der Waals surface area (Å²) in [5.74, 6) is -1.52. The largest absolute Gasteiger partial charge is 0.507 e. The maximum Gasteiger partial charge on any atom is 0.347 e. The Kier molecular flexibility index (Phi) is 10.4. The molecule has 248 valence electrons. The minimum absolute atomic E-state index is 0.0419. The maximum atomic E-state index is 12.6. The standard InChI is InChI=1S/C19H18O8.C17H14O4/c1-8-5-13(26-4)11(7-20)17(22)14(8)19(25)27-12-6-9(2)16(21)15(10(12)3)18(23)24;1-19-12-5-3-4-11(8-12)16-10-15(18)14-7-6-13(20-2)9-17(14)21-16/h5-7,21-22H,1-4H3,(H,23,24);3-10H,1-2H3. The van der Waals surface area contributed by atoms with Crippen molar-refractivity contribution in [1.82, 2.24) is 0 Å². The molecule has 0 atom stereocenters. The van der Waals surface area contributed by atoms with E-state index < -0.39 is 23.4 Å². The molecular formula is C36H32O12. The van der Waals surface area contributed by atoms with Crippen LogP contribution in [0.15, 0.2) is 69.9 Å². The van der Waals surface area contributed by atoms with E-state index in [4.69, 9.17) is 23.4 Å². The molecule has 1 aromatic heterocycles. The average molecular weight is 657 g/mol. The molecule has 0 fully saturated rings. The first-order valence-corrected chi connectivity index (χ1v) is 14.3. The van der Waals surface area contributed by atoms with Crippen molar-refractivity contribution in [2.45, 2.75) is 20.8 Å². The van der Waals surface area contributed by atoms with Crippen LogP contribution in [0.1, 0.15) is 47.8 Å². The van der Waals surface area contributed by atoms with Crippen molar-refractivity contribution in [3.05, 3.63) is 104 Å². The third-order valence-corrected chi connectivity index (χ3v) is 7.45. The smallest absolute Gasteiger partial charge is 0.347 e. The van der Waals surface area contributed by atoms with Gasteiger partial charge in [-0.3, -0.25) is 9.59 Å². The number of carboxylic acids is 1. The molecule has 0 radical (unpaired) electrons. The van der Waals surface area contributed by atoms with Crippen LogP contribution in [0.5, 0.6) is 34.5 Å². The number of rotatable bonds is 8. The molecule has 0 bridgehead atoms. The van der Waals surface area contributed by atoms with Gasteiger partial charge in [-0.25, -0.2) is 9.59 Å². The molecule has 0 aliphatic carbocycles. The van der Waals surface area contributed by atoms with E-state index in [0.29, 0.717) is 40.1 Å². The molecule has 0 aliphatic heterocycles. The lowest BCUT2D eigenvalue weighted by Crippen LogP contribution is -2.14. The lowest BCUT2D eigenvalue weighted by Gasteiger charge is -2.16. The summed E-state index contributed by atoms with van der Waals surface area (Å²) in [6.45, 7) is 4.35. The van der Waals surface area contributed by atoms with Crippen LogP contribution in [0.3, 0.4) is 0 Å². The number of aldehydes is 1. The first-order chi connectivity index (χ1) is 22.8. The molecule has 0 aliphatic rings. The molecule has 4 aromatic carbocycles. The first-order valence-electron chi connectivity index (χ1n) is 14.3. The van der Waals surface area contributed by atoms with Crippen molar-refractivity contribution in [2.75, 3.05) is 21.3 Å². The minimum Gasteiger partial charge on any atom is -0.507 e. The third-order valence-electron chi connectivity index (χ3n) is 7.45. The zero-order chi connectivity index (χ0) is 35.3. The van der Waals surface area contributed by atoms with Crippen LogP contribution in [0, 0.1) is 20.8 Å². The molecule has 3 N–H and O–H groups in total. The number of methoxy groups -OCH3 is 3. The van der Waals surface area contributed by atoms with Gasteiger partial charge < -0.3 is 38.7 Å². The Morgan fingerprint density at radius 1 is 0.771 bits per heavy atom. The Bertz CT molecular complexity index is 2110. The van der Waals surface area contributed by atoms with Gasteiger partial charge in [0, 0.05) is 23.3 Å². The Labute approximate surface area is 274 Å². The highest BCUT2D eigenvalue weighted by Crippen LogP contribution is 2.36. The number of carbonyl (C=O) groups excluding carboxylic acids is 2. The molecule has 0 amide bonds. The topological polar surface area (TPSA) is 179 Å². The predicted molar refractivity (Wildman–Crippen MR) is 175 cm³/mol. The normalized spacial score (nSPS) is 10.5. The highest BCUT2D eigenvalue weighted by Gasteiger charge is 2.26. The lowest BCUT2D eigenvalue weighted by molar-refractivity contribution is 0.0681. The zero-order valence-corrected chi connectivity index (χ0v) is 26.9. The SMILES string of the molecule is COc1cc(C)c(C(=O)Oc2cc(C)c(O)c(C(=O)O)c2C)c(O)c1C=O.COc1cccc(-c2cc(=O)c3ccc(OC)cc3o2)c1. The summed E-state index contributed by atoms with van der Waals surface area (Å²) in [4.78, 5) is 47.4. The van der Waals surface area contributed by atoms with Crippen LogP contribution in [0.4, 0.5) is 0 Å². The fourth-order valence-corrected chi connectivity index (χ4v) is 4.90. The van der Waals surface area contributed by atoms with Crippen LogP contribution >= 0.6 is 0 Å². The monoisotopic (exact) mass is 656 g/mol. The number of fused-ring (bicyclic) bond motifs is 1. The summed E-state index contributed by atoms with van der Waals surface area (Å²) in [6.07, 6.45) is 0.350. The fourth-order valence-electron chi connectivity index (χ4n) is 4.90. The Morgan fingerprint density at radius 3 is 2.06 bits per heavy atom. The van der Waals surface area contributed by atoms with Gasteiger partial charge in [0.1, 0.15) is 57.0 Å². The first kappa shape index (κ1) is 34.6. The molecule has 5 rings (SSSR count). The van der Waals surface area contributed by atoms with Gasteiger partial charge >= 0.3 is 11.9 Å². The molecule has 0 spiro atoms. The van der Waals surface area contributed by atoms with Crippen LogP contribution in [0.25, 0.3) is 22.3 Å². The van der Waals surface area contributed by atoms with Crippen molar-refractivity contribution in [3.63, 3.8) is 0 Å². The fraction of sp³-hybridized carbons (Fsp3) is 0.167. The maximum absolute atomic E-state index is 12.6. The zero-order valence-electron chi connectivity index (χ0n) is 26.9. The van der Waals surface area contributed by atoms with Gasteiger partial charge in [-0.15, -0.1) is 0 Å². The van der Waals surface area contributed by atoms with E-state index >= 15 is 0 Å². The second-order valence-electron chi connectivity index (χ2n) is 10.5. The summed E-state index contributed by atoms with van der Waals surface area (Å²) in [7, 11) is 4.49. The van der Waals surface area contributed by atoms with Gasteiger partial charge in [0.15, 0.2) is 11.7 Å². The van der Waals surface area contributed by atoms with Crippen molar-refractivity contribution < 1.29 is 53.1 Å². The Morgan fingerprint density at radius 2 is 1.44 bits per heavy atom. The summed E-state index contributed by atoms with van der Waals surface area (Å²) in [6, 6.07) is 16.7. The average Bonchev–Trinajstić information content (AvgIpc) is 3.06. The van der Waals surface area contributed by atoms with Gasteiger partial charge in [-0.2, -0.15) is 0 Å². The Balaban J connectivity index is 0.000000223. The van der Waals surface area contributed by atoms with Crippen LogP contribution in [-0.4, -0.2) is 54.9 Å². The van der Waals surface area contributed by atoms with E-state index in [-0.39, 0.29) is 44.7 Å². The molecule has 0 unspecified atom stereocenters. The molecule has 1 heterocycles. The summed E-state index contributed by atoms with van der Waals surface area (Å²) < 4.78 is 26.5. The molecule has 48 heavy (non-hydrogen) atoms. The number of carbonyl (C=O) groups is 3. The summed E-state index contributed by atoms with van der Waals surface area (Å²) >= 11 is 0. The van der Waals surface area contributed by atoms with Gasteiger partial charge in [-0.1, -0.05) is 12.1 Å². The van der Waals surface area contributed by atoms with Crippen molar-refractivity contribution in [2.24, 2.45) is 0 Å². The van der Waals surface area contributed by atoms with Crippen molar-refractivity contribution in [1.29, 1.82) is 0 Å². The van der Waals surface area contributed by atoms with Crippen LogP contribution in [0.2, 0.25) is 0 Å². The lowest BCUT2D eigenvalue weighted by atomic mass is 10.0. The number of phenols is 2. The second kappa shape index (κ2) is 14.4. The number of aromatic carboxylic acids is 1. The highest BCUT2D eigenvalue weighted by molar-refractivity contribution is 6.01. The minimum atomic E-state index is -1.38. The summed E-state index contributed by atoms with van der Waals surface area (Å²) in [5, 5.41) is 30.0. The van der Waals surface area contributed by atoms with E-state index in [9.17, 15) is 34.5 Å². The van der Waals surface area contributed by atoms with Crippen molar-refractivity contribution >= 4 is 29.2 Å². The molecule has 0 saturated heterocycles. The van der Waals surface area contributed by atoms with Crippen molar-refractivity contribution in [3.8, 4) is 45.8 Å². The number of benzene rings is 4. The number of ether oxygens (including phenoxy) is 4. The van der Waals surface area contributed by atoms with E-state index in [1.54, 1.807) is 32.4 Å². The van der Waals surface area contributed by atoms with Crippen LogP contribution in [-0.2, 0) is 0 Å². The van der Waals surface area contributed by atoms with Gasteiger partial charge in [0.25, 0.3) is 0 Å². The molecule has 0 saturated carbocycles. The number of hydrogen-bond donors (Lipinski definition) is 3. The quantitative estimate of drug-likeness (QED) is 0.0974. The predicted octanol–water partition coefficient (Wildman–Crippen LogP) is 6.24. The highest BCUT2D eigenvalue weighted by atomic mass is 16.5. The van der Waals surface area contributed by atoms with E-state index in [1.165, 1.54) is 46.1 Å². The number of esters is 1. The number of phenolic OH excluding ortho intramolecular Hbond substituents is 1. The number of hydrogen-bond acceptors (Lipinski definition) is 11. The van der Waals surface area contributed by atoms with E-state index in [2.05, 4.69) is 0 Å². The number of aromatic hydroxyl groups is 2. The molecular weight excluding hydrogens is 624 g/mol. The van der Waals surface area contributed by atoms with Crippen LogP contribution < -0.4 is 24.4 Å². The number of aryl methyl sites for hydroxylation is 2. The molecule has 5 aromatic rings. The second-order valence-corrected chi connectivity index (χ2v) is 10.5. The van der Waals surface area contributed by atoms with E-state index in [1.807, 2.05) is 24.3 Å². The third kappa shape index (κ3) is 6.92. The van der Waals surface area contributed by atoms with Gasteiger partial charge in [0.2, 0.25) is 0 Å². The van der Waals surface area contributed by atoms with Gasteiger partial charge in [0.05, 0.1) is 32.3 Å². The number of carboxylic acid groups (broad SMARTS) is 1. The molecule has 12 nitrogen and oxygen atoms in total. The van der Waals surface area contributed by atoms with Gasteiger partial charge in [-0.05, 0) is 68.3 Å².